The molecule has 3 atom stereocenters. The molecule has 0 radical (unpaired) electrons. The van der Waals surface area contributed by atoms with Gasteiger partial charge in [-0.3, -0.25) is 4.90 Å². The Bertz CT molecular complexity index is 644. The summed E-state index contributed by atoms with van der Waals surface area (Å²) in [5, 5.41) is 0. The lowest BCUT2D eigenvalue weighted by molar-refractivity contribution is -0.455. The number of piperidine rings is 2. The van der Waals surface area contributed by atoms with Crippen molar-refractivity contribution < 1.29 is 4.76 Å². The normalized spacial score (nSPS) is 37.0. The SMILES string of the molecule is CN1C2CCCC1CC(N1Cc3cccc4c3C(C1)C[N+]4=O)C2. The average Bonchev–Trinajstić information content (AvgIpc) is 2.85. The molecule has 4 heterocycles. The van der Waals surface area contributed by atoms with Gasteiger partial charge in [0.2, 0.25) is 6.54 Å². The fourth-order valence-corrected chi connectivity index (χ4v) is 5.69. The predicted molar refractivity (Wildman–Crippen MR) is 90.0 cm³/mol. The molecule has 23 heavy (non-hydrogen) atoms. The van der Waals surface area contributed by atoms with E-state index in [1.165, 1.54) is 48.0 Å². The number of nitrogens with zero attached hydrogens (tertiary/aromatic N) is 3. The minimum Gasteiger partial charge on any atom is -0.300 e. The van der Waals surface area contributed by atoms with Crippen molar-refractivity contribution in [1.82, 2.24) is 9.80 Å². The van der Waals surface area contributed by atoms with Gasteiger partial charge in [0, 0.05) is 52.5 Å². The van der Waals surface area contributed by atoms with Crippen LogP contribution in [0.2, 0.25) is 0 Å². The van der Waals surface area contributed by atoms with Crippen LogP contribution in [-0.2, 0) is 6.54 Å². The van der Waals surface area contributed by atoms with E-state index in [9.17, 15) is 4.91 Å². The first-order valence-electron chi connectivity index (χ1n) is 9.23. The summed E-state index contributed by atoms with van der Waals surface area (Å²) in [6, 6.07) is 8.57. The van der Waals surface area contributed by atoms with E-state index in [1.54, 1.807) is 0 Å². The Balaban J connectivity index is 1.42. The molecule has 0 amide bonds. The number of hydrogen-bond acceptors (Lipinski definition) is 3. The molecular formula is C19H26N3O+. The lowest BCUT2D eigenvalue weighted by Gasteiger charge is -2.50. The van der Waals surface area contributed by atoms with Gasteiger partial charge in [0.1, 0.15) is 0 Å². The first-order chi connectivity index (χ1) is 11.2. The third kappa shape index (κ3) is 2.11. The van der Waals surface area contributed by atoms with Gasteiger partial charge in [-0.25, -0.2) is 0 Å². The maximum Gasteiger partial charge on any atom is 0.260 e. The number of rotatable bonds is 1. The monoisotopic (exact) mass is 312 g/mol. The summed E-state index contributed by atoms with van der Waals surface area (Å²) in [4.78, 5) is 17.5. The van der Waals surface area contributed by atoms with Gasteiger partial charge in [-0.2, -0.15) is 0 Å². The minimum absolute atomic E-state index is 0.423. The summed E-state index contributed by atoms with van der Waals surface area (Å²) in [6.07, 6.45) is 6.78. The Hall–Kier alpha value is -1.26. The van der Waals surface area contributed by atoms with E-state index in [2.05, 4.69) is 29.0 Å². The van der Waals surface area contributed by atoms with Crippen LogP contribution in [0.25, 0.3) is 0 Å². The molecular weight excluding hydrogens is 286 g/mol. The van der Waals surface area contributed by atoms with Gasteiger partial charge < -0.3 is 4.90 Å². The van der Waals surface area contributed by atoms with Gasteiger partial charge in [0.05, 0.1) is 5.92 Å². The van der Waals surface area contributed by atoms with E-state index in [0.717, 1.165) is 30.9 Å². The Morgan fingerprint density at radius 3 is 2.70 bits per heavy atom. The standard InChI is InChI=1S/C19H26N3O/c1-20-15-5-3-6-16(20)9-17(8-15)21-10-13-4-2-7-18-19(13)14(11-21)12-22(18)23/h2,4,7,14-17H,3,5-6,8-12H2,1H3/q+1. The highest BCUT2D eigenvalue weighted by atomic mass is 16.3. The molecule has 4 aliphatic heterocycles. The molecule has 1 aromatic rings. The van der Waals surface area contributed by atoms with Crippen LogP contribution in [0.5, 0.6) is 0 Å². The zero-order valence-electron chi connectivity index (χ0n) is 13.9. The van der Waals surface area contributed by atoms with Gasteiger partial charge in [0.15, 0.2) is 0 Å². The second-order valence-corrected chi connectivity index (χ2v) is 8.07. The molecule has 3 unspecified atom stereocenters. The van der Waals surface area contributed by atoms with E-state index in [0.29, 0.717) is 18.5 Å². The minimum atomic E-state index is 0.423. The molecule has 4 aliphatic rings. The zero-order valence-corrected chi connectivity index (χ0v) is 13.9. The summed E-state index contributed by atoms with van der Waals surface area (Å²) in [5.74, 6) is 0.423. The number of nitroso groups, excluding NO2 is 1. The van der Waals surface area contributed by atoms with Crippen LogP contribution >= 0.6 is 0 Å². The quantitative estimate of drug-likeness (QED) is 0.746. The summed E-state index contributed by atoms with van der Waals surface area (Å²) in [5.41, 5.74) is 3.69. The van der Waals surface area contributed by atoms with Crippen molar-refractivity contribution in [1.29, 1.82) is 0 Å². The molecule has 2 bridgehead atoms. The van der Waals surface area contributed by atoms with Crippen molar-refractivity contribution in [3.8, 4) is 0 Å². The van der Waals surface area contributed by atoms with Crippen LogP contribution in [-0.4, -0.2) is 52.8 Å². The number of hydrogen-bond donors (Lipinski definition) is 0. The third-order valence-corrected chi connectivity index (χ3v) is 6.90. The van der Waals surface area contributed by atoms with Crippen molar-refractivity contribution >= 4 is 5.69 Å². The highest BCUT2D eigenvalue weighted by Crippen LogP contribution is 2.43. The second kappa shape index (κ2) is 5.12. The molecule has 4 nitrogen and oxygen atoms in total. The molecule has 0 spiro atoms. The van der Waals surface area contributed by atoms with Crippen molar-refractivity contribution in [2.24, 2.45) is 0 Å². The van der Waals surface area contributed by atoms with Gasteiger partial charge in [-0.05, 0) is 38.3 Å². The van der Waals surface area contributed by atoms with Gasteiger partial charge in [0.25, 0.3) is 5.69 Å². The van der Waals surface area contributed by atoms with Crippen LogP contribution in [0.4, 0.5) is 5.69 Å². The first-order valence-corrected chi connectivity index (χ1v) is 9.23. The molecule has 0 aliphatic carbocycles. The molecule has 1 aromatic carbocycles. The fraction of sp³-hybridized carbons (Fsp3) is 0.684. The molecule has 122 valence electrons. The predicted octanol–water partition coefficient (Wildman–Crippen LogP) is 3.03. The van der Waals surface area contributed by atoms with E-state index in [-0.39, 0.29) is 0 Å². The van der Waals surface area contributed by atoms with E-state index >= 15 is 0 Å². The Morgan fingerprint density at radius 2 is 1.91 bits per heavy atom. The topological polar surface area (TPSA) is 26.6 Å². The van der Waals surface area contributed by atoms with E-state index < -0.39 is 0 Å². The lowest BCUT2D eigenvalue weighted by Crippen LogP contribution is -2.56. The van der Waals surface area contributed by atoms with Crippen molar-refractivity contribution in [2.75, 3.05) is 20.1 Å². The largest absolute Gasteiger partial charge is 0.300 e. The molecule has 0 aromatic heterocycles. The molecule has 2 fully saturated rings. The van der Waals surface area contributed by atoms with Gasteiger partial charge >= 0.3 is 0 Å². The van der Waals surface area contributed by atoms with Crippen molar-refractivity contribution in [3.05, 3.63) is 34.2 Å². The van der Waals surface area contributed by atoms with Crippen molar-refractivity contribution in [3.63, 3.8) is 0 Å². The smallest absolute Gasteiger partial charge is 0.260 e. The molecule has 5 rings (SSSR count). The van der Waals surface area contributed by atoms with Crippen LogP contribution in [0, 0.1) is 4.91 Å². The Labute approximate surface area is 138 Å². The third-order valence-electron chi connectivity index (χ3n) is 6.90. The van der Waals surface area contributed by atoms with Gasteiger partial charge in [-0.1, -0.05) is 18.6 Å². The van der Waals surface area contributed by atoms with Crippen LogP contribution < -0.4 is 0 Å². The summed E-state index contributed by atoms with van der Waals surface area (Å²) in [6.45, 7) is 2.78. The Morgan fingerprint density at radius 1 is 1.13 bits per heavy atom. The molecule has 4 heteroatoms. The second-order valence-electron chi connectivity index (χ2n) is 8.07. The van der Waals surface area contributed by atoms with Crippen LogP contribution in [0.3, 0.4) is 0 Å². The van der Waals surface area contributed by atoms with Crippen LogP contribution in [0.1, 0.15) is 49.1 Å². The van der Waals surface area contributed by atoms with E-state index in [4.69, 9.17) is 0 Å². The highest BCUT2D eigenvalue weighted by Gasteiger charge is 2.45. The molecule has 2 saturated heterocycles. The fourth-order valence-electron chi connectivity index (χ4n) is 5.69. The lowest BCUT2D eigenvalue weighted by atomic mass is 9.80. The van der Waals surface area contributed by atoms with E-state index in [1.807, 2.05) is 6.07 Å². The number of fused-ring (bicyclic) bond motifs is 2. The first kappa shape index (κ1) is 14.1. The van der Waals surface area contributed by atoms with Crippen LogP contribution in [0.15, 0.2) is 18.2 Å². The summed E-state index contributed by atoms with van der Waals surface area (Å²) >= 11 is 0. The van der Waals surface area contributed by atoms with Gasteiger partial charge in [-0.15, -0.1) is 0 Å². The number of benzene rings is 1. The summed E-state index contributed by atoms with van der Waals surface area (Å²) < 4.78 is 1.22. The molecule has 0 saturated carbocycles. The summed E-state index contributed by atoms with van der Waals surface area (Å²) in [7, 11) is 2.33. The molecule has 0 N–H and O–H groups in total. The zero-order chi connectivity index (χ0) is 15.6. The van der Waals surface area contributed by atoms with Crippen molar-refractivity contribution in [2.45, 2.75) is 62.7 Å². The highest BCUT2D eigenvalue weighted by molar-refractivity contribution is 5.51. The average molecular weight is 312 g/mol. The maximum atomic E-state index is 12.2. The maximum absolute atomic E-state index is 12.2. The Kier molecular flexibility index (Phi) is 3.14.